The standard InChI is InChI=1S/C11H24O2/c1-3-5-8-11(13,4-2)9-6-7-10-12/h12-13H,3-10H2,1-2H3. The molecule has 0 amide bonds. The average Bonchev–Trinajstić information content (AvgIpc) is 2.15. The first kappa shape index (κ1) is 12.9. The molecule has 0 fully saturated rings. The largest absolute Gasteiger partial charge is 0.396 e. The lowest BCUT2D eigenvalue weighted by molar-refractivity contribution is 0.0136. The molecule has 0 aliphatic rings. The van der Waals surface area contributed by atoms with E-state index in [-0.39, 0.29) is 6.61 Å². The van der Waals surface area contributed by atoms with E-state index in [1.165, 1.54) is 0 Å². The van der Waals surface area contributed by atoms with Crippen LogP contribution in [0.4, 0.5) is 0 Å². The molecule has 0 aromatic heterocycles. The lowest BCUT2D eigenvalue weighted by Crippen LogP contribution is -2.27. The summed E-state index contributed by atoms with van der Waals surface area (Å²) >= 11 is 0. The van der Waals surface area contributed by atoms with Crippen LogP contribution in [0, 0.1) is 0 Å². The maximum absolute atomic E-state index is 10.1. The minimum Gasteiger partial charge on any atom is -0.396 e. The number of unbranched alkanes of at least 4 members (excludes halogenated alkanes) is 2. The number of hydrogen-bond acceptors (Lipinski definition) is 2. The molecule has 0 saturated carbocycles. The van der Waals surface area contributed by atoms with Gasteiger partial charge in [0.05, 0.1) is 5.60 Å². The molecule has 0 aromatic carbocycles. The molecule has 1 unspecified atom stereocenters. The van der Waals surface area contributed by atoms with Crippen molar-refractivity contribution in [2.24, 2.45) is 0 Å². The van der Waals surface area contributed by atoms with E-state index in [1.807, 2.05) is 6.92 Å². The lowest BCUT2D eigenvalue weighted by Gasteiger charge is -2.26. The third kappa shape index (κ3) is 6.05. The summed E-state index contributed by atoms with van der Waals surface area (Å²) in [6, 6.07) is 0. The van der Waals surface area contributed by atoms with Crippen LogP contribution in [0.5, 0.6) is 0 Å². The van der Waals surface area contributed by atoms with Crippen LogP contribution >= 0.6 is 0 Å². The van der Waals surface area contributed by atoms with Crippen LogP contribution in [0.2, 0.25) is 0 Å². The van der Waals surface area contributed by atoms with Crippen molar-refractivity contribution in [3.05, 3.63) is 0 Å². The summed E-state index contributed by atoms with van der Waals surface area (Å²) in [6.07, 6.45) is 6.57. The Hall–Kier alpha value is -0.0800. The van der Waals surface area contributed by atoms with E-state index >= 15 is 0 Å². The van der Waals surface area contributed by atoms with Crippen LogP contribution in [0.15, 0.2) is 0 Å². The average molecular weight is 188 g/mol. The minimum absolute atomic E-state index is 0.244. The first-order chi connectivity index (χ1) is 6.18. The van der Waals surface area contributed by atoms with Crippen molar-refractivity contribution in [2.75, 3.05) is 6.61 Å². The second-order valence-electron chi connectivity index (χ2n) is 3.86. The fourth-order valence-corrected chi connectivity index (χ4v) is 1.55. The van der Waals surface area contributed by atoms with Gasteiger partial charge in [-0.05, 0) is 32.1 Å². The molecule has 0 heterocycles. The molecule has 0 bridgehead atoms. The molecule has 2 N–H and O–H groups in total. The highest BCUT2D eigenvalue weighted by Gasteiger charge is 2.22. The van der Waals surface area contributed by atoms with Gasteiger partial charge in [-0.2, -0.15) is 0 Å². The van der Waals surface area contributed by atoms with Crippen molar-refractivity contribution < 1.29 is 10.2 Å². The van der Waals surface area contributed by atoms with Crippen molar-refractivity contribution >= 4 is 0 Å². The van der Waals surface area contributed by atoms with Gasteiger partial charge in [-0.3, -0.25) is 0 Å². The molecule has 80 valence electrons. The van der Waals surface area contributed by atoms with Crippen molar-refractivity contribution in [2.45, 2.75) is 64.4 Å². The highest BCUT2D eigenvalue weighted by Crippen LogP contribution is 2.24. The topological polar surface area (TPSA) is 40.5 Å². The summed E-state index contributed by atoms with van der Waals surface area (Å²) in [5.74, 6) is 0. The van der Waals surface area contributed by atoms with E-state index in [9.17, 15) is 5.11 Å². The molecule has 0 aliphatic carbocycles. The maximum atomic E-state index is 10.1. The highest BCUT2D eigenvalue weighted by atomic mass is 16.3. The number of rotatable bonds is 8. The van der Waals surface area contributed by atoms with Gasteiger partial charge in [0.15, 0.2) is 0 Å². The monoisotopic (exact) mass is 188 g/mol. The van der Waals surface area contributed by atoms with Crippen LogP contribution in [-0.4, -0.2) is 22.4 Å². The molecule has 2 nitrogen and oxygen atoms in total. The summed E-state index contributed by atoms with van der Waals surface area (Å²) in [5, 5.41) is 18.7. The fraction of sp³-hybridized carbons (Fsp3) is 1.00. The van der Waals surface area contributed by atoms with E-state index in [2.05, 4.69) is 6.92 Å². The third-order valence-corrected chi connectivity index (χ3v) is 2.70. The molecule has 0 saturated heterocycles. The van der Waals surface area contributed by atoms with Crippen LogP contribution in [0.25, 0.3) is 0 Å². The van der Waals surface area contributed by atoms with Crippen molar-refractivity contribution in [1.82, 2.24) is 0 Å². The van der Waals surface area contributed by atoms with Gasteiger partial charge in [0.2, 0.25) is 0 Å². The Morgan fingerprint density at radius 2 is 1.62 bits per heavy atom. The van der Waals surface area contributed by atoms with Crippen LogP contribution < -0.4 is 0 Å². The molecule has 0 rings (SSSR count). The number of aliphatic hydroxyl groups excluding tert-OH is 1. The van der Waals surface area contributed by atoms with Gasteiger partial charge in [0, 0.05) is 6.61 Å². The van der Waals surface area contributed by atoms with Crippen LogP contribution in [0.1, 0.15) is 58.8 Å². The summed E-state index contributed by atoms with van der Waals surface area (Å²) in [5.41, 5.74) is -0.467. The molecule has 2 heteroatoms. The Morgan fingerprint density at radius 1 is 1.00 bits per heavy atom. The molecule has 0 radical (unpaired) electrons. The van der Waals surface area contributed by atoms with Crippen molar-refractivity contribution in [3.63, 3.8) is 0 Å². The molecule has 0 aromatic rings. The Morgan fingerprint density at radius 3 is 2.08 bits per heavy atom. The zero-order valence-corrected chi connectivity index (χ0v) is 9.05. The maximum Gasteiger partial charge on any atom is 0.0645 e. The number of aliphatic hydroxyl groups is 2. The normalized spacial score (nSPS) is 15.7. The highest BCUT2D eigenvalue weighted by molar-refractivity contribution is 4.76. The zero-order chi connectivity index (χ0) is 10.2. The van der Waals surface area contributed by atoms with E-state index in [0.29, 0.717) is 0 Å². The Balaban J connectivity index is 3.67. The molecule has 0 aliphatic heterocycles. The first-order valence-electron chi connectivity index (χ1n) is 5.51. The SMILES string of the molecule is CCCCC(O)(CC)CCCCO. The minimum atomic E-state index is -0.467. The Bertz CT molecular complexity index is 115. The second-order valence-corrected chi connectivity index (χ2v) is 3.86. The van der Waals surface area contributed by atoms with Gasteiger partial charge >= 0.3 is 0 Å². The summed E-state index contributed by atoms with van der Waals surface area (Å²) in [6.45, 7) is 4.42. The predicted octanol–water partition coefficient (Wildman–Crippen LogP) is 2.48. The summed E-state index contributed by atoms with van der Waals surface area (Å²) < 4.78 is 0. The van der Waals surface area contributed by atoms with Crippen molar-refractivity contribution in [3.8, 4) is 0 Å². The van der Waals surface area contributed by atoms with Crippen LogP contribution in [-0.2, 0) is 0 Å². The summed E-state index contributed by atoms with van der Waals surface area (Å²) in [7, 11) is 0. The summed E-state index contributed by atoms with van der Waals surface area (Å²) in [4.78, 5) is 0. The van der Waals surface area contributed by atoms with Gasteiger partial charge in [-0.1, -0.05) is 26.7 Å². The van der Waals surface area contributed by atoms with Gasteiger partial charge in [-0.15, -0.1) is 0 Å². The molecule has 13 heavy (non-hydrogen) atoms. The van der Waals surface area contributed by atoms with Gasteiger partial charge < -0.3 is 10.2 Å². The van der Waals surface area contributed by atoms with Gasteiger partial charge in [0.1, 0.15) is 0 Å². The molecular weight excluding hydrogens is 164 g/mol. The van der Waals surface area contributed by atoms with Gasteiger partial charge in [-0.25, -0.2) is 0 Å². The first-order valence-corrected chi connectivity index (χ1v) is 5.51. The third-order valence-electron chi connectivity index (χ3n) is 2.70. The van der Waals surface area contributed by atoms with Gasteiger partial charge in [0.25, 0.3) is 0 Å². The molecular formula is C11H24O2. The van der Waals surface area contributed by atoms with E-state index < -0.39 is 5.60 Å². The van der Waals surface area contributed by atoms with E-state index in [0.717, 1.165) is 44.9 Å². The lowest BCUT2D eigenvalue weighted by atomic mass is 9.88. The molecule has 0 spiro atoms. The quantitative estimate of drug-likeness (QED) is 0.574. The predicted molar refractivity (Wildman–Crippen MR) is 55.7 cm³/mol. The van der Waals surface area contributed by atoms with E-state index in [1.54, 1.807) is 0 Å². The Kier molecular flexibility index (Phi) is 7.29. The number of hydrogen-bond donors (Lipinski definition) is 2. The Labute approximate surface area is 82.0 Å². The van der Waals surface area contributed by atoms with Crippen molar-refractivity contribution in [1.29, 1.82) is 0 Å². The van der Waals surface area contributed by atoms with Crippen LogP contribution in [0.3, 0.4) is 0 Å². The van der Waals surface area contributed by atoms with E-state index in [4.69, 9.17) is 5.11 Å². The smallest absolute Gasteiger partial charge is 0.0645 e. The fourth-order valence-electron chi connectivity index (χ4n) is 1.55. The zero-order valence-electron chi connectivity index (χ0n) is 9.05. The second kappa shape index (κ2) is 7.34. The molecule has 1 atom stereocenters.